The highest BCUT2D eigenvalue weighted by molar-refractivity contribution is 7.92. The molecule has 10 heteroatoms. The van der Waals surface area contributed by atoms with Gasteiger partial charge in [-0.25, -0.2) is 17.6 Å². The van der Waals surface area contributed by atoms with Crippen LogP contribution in [0.1, 0.15) is 19.3 Å². The number of nitrogens with one attached hydrogen (secondary N) is 2. The Morgan fingerprint density at radius 1 is 0.931 bits per heavy atom. The van der Waals surface area contributed by atoms with Crippen molar-refractivity contribution in [2.45, 2.75) is 4.90 Å². The van der Waals surface area contributed by atoms with E-state index < -0.39 is 27.7 Å². The molecule has 150 valence electrons. The Bertz CT molecular complexity index is 1160. The number of benzene rings is 2. The fourth-order valence-electron chi connectivity index (χ4n) is 2.35. The number of carbonyl (C=O) groups excluding carboxylic acids is 2. The lowest BCUT2D eigenvalue weighted by Gasteiger charge is -2.13. The maximum Gasteiger partial charge on any atom is 0.348 e. The van der Waals surface area contributed by atoms with Gasteiger partial charge in [0.25, 0.3) is 15.9 Å². The Kier molecular flexibility index (Phi) is 5.95. The number of para-hydroxylation sites is 2. The van der Waals surface area contributed by atoms with Crippen molar-refractivity contribution in [3.63, 3.8) is 0 Å². The second-order valence-electron chi connectivity index (χ2n) is 5.71. The number of rotatable bonds is 6. The standard InChI is InChI=1S/C19H15FN2O5S2/c1-27-19(24)17-11-10-16(28-17)18(23)21-14-4-2-3-5-15(14)22-29(25,26)13-8-6-12(20)7-9-13/h2-11,22H,1H3,(H,21,23). The zero-order valence-electron chi connectivity index (χ0n) is 15.0. The third kappa shape index (κ3) is 4.79. The molecule has 1 heterocycles. The van der Waals surface area contributed by atoms with Crippen molar-refractivity contribution in [2.75, 3.05) is 17.1 Å². The van der Waals surface area contributed by atoms with Crippen LogP contribution in [-0.2, 0) is 14.8 Å². The summed E-state index contributed by atoms with van der Waals surface area (Å²) in [4.78, 5) is 24.4. The summed E-state index contributed by atoms with van der Waals surface area (Å²) >= 11 is 0.949. The molecule has 0 spiro atoms. The normalized spacial score (nSPS) is 11.0. The number of anilines is 2. The summed E-state index contributed by atoms with van der Waals surface area (Å²) in [5.41, 5.74) is 0.353. The first kappa shape index (κ1) is 20.5. The molecule has 1 amide bonds. The first-order valence-corrected chi connectivity index (χ1v) is 10.5. The lowest BCUT2D eigenvalue weighted by molar-refractivity contribution is 0.0606. The van der Waals surface area contributed by atoms with E-state index in [4.69, 9.17) is 0 Å². The molecule has 2 N–H and O–H groups in total. The zero-order chi connectivity index (χ0) is 21.0. The lowest BCUT2D eigenvalue weighted by Crippen LogP contribution is -2.16. The van der Waals surface area contributed by atoms with Crippen molar-refractivity contribution in [3.05, 3.63) is 76.2 Å². The molecule has 7 nitrogen and oxygen atoms in total. The van der Waals surface area contributed by atoms with Gasteiger partial charge in [-0.15, -0.1) is 11.3 Å². The predicted molar refractivity (Wildman–Crippen MR) is 107 cm³/mol. The van der Waals surface area contributed by atoms with Crippen LogP contribution in [0.5, 0.6) is 0 Å². The van der Waals surface area contributed by atoms with E-state index in [1.807, 2.05) is 0 Å². The number of amides is 1. The highest BCUT2D eigenvalue weighted by atomic mass is 32.2. The molecule has 0 saturated carbocycles. The minimum absolute atomic E-state index is 0.124. The van der Waals surface area contributed by atoms with Gasteiger partial charge >= 0.3 is 5.97 Å². The number of methoxy groups -OCH3 is 1. The Balaban J connectivity index is 1.82. The van der Waals surface area contributed by atoms with Crippen LogP contribution in [-0.4, -0.2) is 27.4 Å². The van der Waals surface area contributed by atoms with Gasteiger partial charge in [-0.3, -0.25) is 9.52 Å². The minimum atomic E-state index is -3.99. The molecule has 2 aromatic carbocycles. The molecule has 0 aliphatic rings. The zero-order valence-corrected chi connectivity index (χ0v) is 16.6. The summed E-state index contributed by atoms with van der Waals surface area (Å²) in [6.45, 7) is 0. The molecular weight excluding hydrogens is 419 g/mol. The molecular formula is C19H15FN2O5S2. The van der Waals surface area contributed by atoms with E-state index in [-0.39, 0.29) is 26.0 Å². The van der Waals surface area contributed by atoms with Gasteiger partial charge in [0.15, 0.2) is 0 Å². The largest absolute Gasteiger partial charge is 0.465 e. The highest BCUT2D eigenvalue weighted by Crippen LogP contribution is 2.26. The molecule has 29 heavy (non-hydrogen) atoms. The summed E-state index contributed by atoms with van der Waals surface area (Å²) in [6, 6.07) is 13.5. The number of esters is 1. The van der Waals surface area contributed by atoms with E-state index in [2.05, 4.69) is 14.8 Å². The van der Waals surface area contributed by atoms with Crippen LogP contribution in [0.2, 0.25) is 0 Å². The summed E-state index contributed by atoms with van der Waals surface area (Å²) in [6.07, 6.45) is 0. The van der Waals surface area contributed by atoms with E-state index in [1.54, 1.807) is 12.1 Å². The maximum atomic E-state index is 13.1. The second kappa shape index (κ2) is 8.41. The van der Waals surface area contributed by atoms with Gasteiger partial charge in [0.05, 0.1) is 28.3 Å². The molecule has 0 unspecified atom stereocenters. The van der Waals surface area contributed by atoms with E-state index >= 15 is 0 Å². The first-order valence-electron chi connectivity index (χ1n) is 8.17. The molecule has 0 saturated heterocycles. The maximum absolute atomic E-state index is 13.1. The number of halogens is 1. The van der Waals surface area contributed by atoms with Gasteiger partial charge in [0, 0.05) is 0 Å². The molecule has 0 aliphatic carbocycles. The molecule has 0 aliphatic heterocycles. The van der Waals surface area contributed by atoms with E-state index in [0.29, 0.717) is 0 Å². The monoisotopic (exact) mass is 434 g/mol. The molecule has 3 rings (SSSR count). The summed E-state index contributed by atoms with van der Waals surface area (Å²) in [5, 5.41) is 2.61. The smallest absolute Gasteiger partial charge is 0.348 e. The Hall–Kier alpha value is -3.24. The average Bonchev–Trinajstić information content (AvgIpc) is 3.19. The van der Waals surface area contributed by atoms with Crippen molar-refractivity contribution in [1.82, 2.24) is 0 Å². The van der Waals surface area contributed by atoms with Crippen molar-refractivity contribution >= 4 is 44.6 Å². The Morgan fingerprint density at radius 2 is 1.55 bits per heavy atom. The van der Waals surface area contributed by atoms with Crippen molar-refractivity contribution < 1.29 is 27.1 Å². The Morgan fingerprint density at radius 3 is 2.21 bits per heavy atom. The summed E-state index contributed by atoms with van der Waals surface area (Å²) < 4.78 is 45.1. The lowest BCUT2D eigenvalue weighted by atomic mass is 10.2. The van der Waals surface area contributed by atoms with Crippen LogP contribution < -0.4 is 10.0 Å². The van der Waals surface area contributed by atoms with E-state index in [0.717, 1.165) is 35.6 Å². The van der Waals surface area contributed by atoms with Gasteiger partial charge < -0.3 is 10.1 Å². The van der Waals surface area contributed by atoms with Crippen LogP contribution >= 0.6 is 11.3 Å². The number of ether oxygens (including phenoxy) is 1. The van der Waals surface area contributed by atoms with Crippen molar-refractivity contribution in [3.8, 4) is 0 Å². The Labute approximate surface area is 170 Å². The van der Waals surface area contributed by atoms with Crippen molar-refractivity contribution in [1.29, 1.82) is 0 Å². The summed E-state index contributed by atoms with van der Waals surface area (Å²) in [5.74, 6) is -1.63. The fourth-order valence-corrected chi connectivity index (χ4v) is 4.25. The molecule has 0 fully saturated rings. The number of carbonyl (C=O) groups is 2. The molecule has 1 aromatic heterocycles. The molecule has 0 atom stereocenters. The average molecular weight is 434 g/mol. The number of sulfonamides is 1. The molecule has 3 aromatic rings. The van der Waals surface area contributed by atoms with Gasteiger partial charge in [0.1, 0.15) is 10.7 Å². The second-order valence-corrected chi connectivity index (χ2v) is 8.48. The van der Waals surface area contributed by atoms with E-state index in [9.17, 15) is 22.4 Å². The van der Waals surface area contributed by atoms with Gasteiger partial charge in [-0.1, -0.05) is 12.1 Å². The molecule has 0 bridgehead atoms. The van der Waals surface area contributed by atoms with Crippen LogP contribution in [0, 0.1) is 5.82 Å². The minimum Gasteiger partial charge on any atom is -0.465 e. The van der Waals surface area contributed by atoms with Crippen molar-refractivity contribution in [2.24, 2.45) is 0 Å². The van der Waals surface area contributed by atoms with Gasteiger partial charge in [0.2, 0.25) is 0 Å². The summed E-state index contributed by atoms with van der Waals surface area (Å²) in [7, 11) is -2.75. The first-order chi connectivity index (χ1) is 13.8. The topological polar surface area (TPSA) is 102 Å². The SMILES string of the molecule is COC(=O)c1ccc(C(=O)Nc2ccccc2NS(=O)(=O)c2ccc(F)cc2)s1. The third-order valence-corrected chi connectivity index (χ3v) is 6.21. The number of thiophene rings is 1. The van der Waals surface area contributed by atoms with Gasteiger partial charge in [-0.2, -0.15) is 0 Å². The molecule has 0 radical (unpaired) electrons. The van der Waals surface area contributed by atoms with Crippen LogP contribution in [0.25, 0.3) is 0 Å². The van der Waals surface area contributed by atoms with Gasteiger partial charge in [-0.05, 0) is 48.5 Å². The predicted octanol–water partition coefficient (Wildman–Crippen LogP) is 3.73. The highest BCUT2D eigenvalue weighted by Gasteiger charge is 2.18. The third-order valence-electron chi connectivity index (χ3n) is 3.76. The van der Waals surface area contributed by atoms with Crippen LogP contribution in [0.4, 0.5) is 15.8 Å². The quantitative estimate of drug-likeness (QED) is 0.576. The van der Waals surface area contributed by atoms with E-state index in [1.165, 1.54) is 31.4 Å². The number of hydrogen-bond donors (Lipinski definition) is 2. The number of hydrogen-bond acceptors (Lipinski definition) is 6. The van der Waals surface area contributed by atoms with Crippen LogP contribution in [0.3, 0.4) is 0 Å². The fraction of sp³-hybridized carbons (Fsp3) is 0.0526. The van der Waals surface area contributed by atoms with Crippen LogP contribution in [0.15, 0.2) is 65.6 Å².